The molecule has 2 nitrogen and oxygen atoms in total. The predicted octanol–water partition coefficient (Wildman–Crippen LogP) is 2.24. The molecule has 0 saturated heterocycles. The van der Waals surface area contributed by atoms with Gasteiger partial charge in [0, 0.05) is 11.6 Å². The fourth-order valence-electron chi connectivity index (χ4n) is 0.947. The molecule has 0 radical (unpaired) electrons. The number of thiophene rings is 1. The number of hydrogen-bond acceptors (Lipinski definition) is 2. The Kier molecular flexibility index (Phi) is 1.51. The second-order valence-electron chi connectivity index (χ2n) is 2.38. The number of aromatic nitrogens is 2. The van der Waals surface area contributed by atoms with Crippen LogP contribution >= 0.6 is 11.3 Å². The highest BCUT2D eigenvalue weighted by Crippen LogP contribution is 2.10. The van der Waals surface area contributed by atoms with E-state index >= 15 is 0 Å². The van der Waals surface area contributed by atoms with Crippen molar-refractivity contribution in [3.05, 3.63) is 34.8 Å². The van der Waals surface area contributed by atoms with Crippen molar-refractivity contribution >= 4 is 11.3 Å². The van der Waals surface area contributed by atoms with Crippen molar-refractivity contribution in [2.24, 2.45) is 0 Å². The third kappa shape index (κ3) is 1.19. The van der Waals surface area contributed by atoms with Gasteiger partial charge in [0.25, 0.3) is 0 Å². The van der Waals surface area contributed by atoms with Gasteiger partial charge in [-0.25, -0.2) is 4.68 Å². The molecule has 56 valence electrons. The summed E-state index contributed by atoms with van der Waals surface area (Å²) in [5.41, 5.74) is 2.19. The standard InChI is InChI=1S/C8H8N2S/c1-7-2-4-10(9-7)8-3-5-11-6-8/h2-6H,1H3. The van der Waals surface area contributed by atoms with E-state index in [-0.39, 0.29) is 0 Å². The highest BCUT2D eigenvalue weighted by Gasteiger charge is 1.95. The van der Waals surface area contributed by atoms with Gasteiger partial charge < -0.3 is 0 Å². The zero-order valence-corrected chi connectivity index (χ0v) is 7.01. The van der Waals surface area contributed by atoms with Gasteiger partial charge >= 0.3 is 0 Å². The first-order chi connectivity index (χ1) is 5.36. The van der Waals surface area contributed by atoms with Crippen molar-refractivity contribution in [1.82, 2.24) is 9.78 Å². The Balaban J connectivity index is 2.45. The minimum Gasteiger partial charge on any atom is -0.240 e. The molecule has 2 aromatic rings. The quantitative estimate of drug-likeness (QED) is 0.632. The molecule has 3 heteroatoms. The first kappa shape index (κ1) is 6.61. The molecule has 0 saturated carbocycles. The molecule has 0 spiro atoms. The zero-order valence-electron chi connectivity index (χ0n) is 6.19. The van der Waals surface area contributed by atoms with E-state index in [0.29, 0.717) is 0 Å². The van der Waals surface area contributed by atoms with E-state index in [1.54, 1.807) is 11.3 Å². The first-order valence-corrected chi connectivity index (χ1v) is 4.35. The maximum Gasteiger partial charge on any atom is 0.0752 e. The van der Waals surface area contributed by atoms with Gasteiger partial charge in [-0.05, 0) is 24.4 Å². The molecular formula is C8H8N2S. The normalized spacial score (nSPS) is 10.3. The molecule has 11 heavy (non-hydrogen) atoms. The lowest BCUT2D eigenvalue weighted by atomic mass is 10.5. The van der Waals surface area contributed by atoms with E-state index in [0.717, 1.165) is 11.4 Å². The summed E-state index contributed by atoms with van der Waals surface area (Å²) in [6, 6.07) is 4.05. The van der Waals surface area contributed by atoms with Gasteiger partial charge in [0.15, 0.2) is 0 Å². The number of nitrogens with zero attached hydrogens (tertiary/aromatic N) is 2. The van der Waals surface area contributed by atoms with Crippen molar-refractivity contribution in [2.45, 2.75) is 6.92 Å². The van der Waals surface area contributed by atoms with Gasteiger partial charge in [-0.15, -0.1) is 0 Å². The highest BCUT2D eigenvalue weighted by molar-refractivity contribution is 7.08. The molecule has 2 aromatic heterocycles. The van der Waals surface area contributed by atoms with Crippen molar-refractivity contribution in [1.29, 1.82) is 0 Å². The topological polar surface area (TPSA) is 17.8 Å². The molecular weight excluding hydrogens is 156 g/mol. The van der Waals surface area contributed by atoms with Crippen LogP contribution in [0.1, 0.15) is 5.69 Å². The molecule has 2 heterocycles. The third-order valence-corrected chi connectivity index (χ3v) is 2.16. The van der Waals surface area contributed by atoms with Crippen molar-refractivity contribution in [3.8, 4) is 5.69 Å². The van der Waals surface area contributed by atoms with Crippen LogP contribution < -0.4 is 0 Å². The van der Waals surface area contributed by atoms with E-state index < -0.39 is 0 Å². The van der Waals surface area contributed by atoms with E-state index in [1.165, 1.54) is 0 Å². The lowest BCUT2D eigenvalue weighted by molar-refractivity contribution is 0.866. The number of aryl methyl sites for hydroxylation is 1. The Morgan fingerprint density at radius 1 is 1.45 bits per heavy atom. The second-order valence-corrected chi connectivity index (χ2v) is 3.16. The molecule has 0 aliphatic rings. The molecule has 0 aliphatic heterocycles. The van der Waals surface area contributed by atoms with Gasteiger partial charge in [-0.2, -0.15) is 16.4 Å². The molecule has 2 rings (SSSR count). The largest absolute Gasteiger partial charge is 0.240 e. The Bertz CT molecular complexity index is 335. The van der Waals surface area contributed by atoms with E-state index in [1.807, 2.05) is 29.2 Å². The Morgan fingerprint density at radius 3 is 2.91 bits per heavy atom. The van der Waals surface area contributed by atoms with E-state index in [9.17, 15) is 0 Å². The first-order valence-electron chi connectivity index (χ1n) is 3.41. The summed E-state index contributed by atoms with van der Waals surface area (Å²) in [4.78, 5) is 0. The lowest BCUT2D eigenvalue weighted by Crippen LogP contribution is -1.91. The summed E-state index contributed by atoms with van der Waals surface area (Å²) in [5, 5.41) is 8.40. The minimum absolute atomic E-state index is 1.05. The molecule has 0 atom stereocenters. The zero-order chi connectivity index (χ0) is 7.68. The average Bonchev–Trinajstić information content (AvgIpc) is 2.55. The van der Waals surface area contributed by atoms with Gasteiger partial charge in [0.1, 0.15) is 0 Å². The highest BCUT2D eigenvalue weighted by atomic mass is 32.1. The van der Waals surface area contributed by atoms with E-state index in [2.05, 4.69) is 16.5 Å². The maximum atomic E-state index is 4.28. The SMILES string of the molecule is Cc1ccn(-c2ccsc2)n1. The maximum absolute atomic E-state index is 4.28. The molecule has 0 aromatic carbocycles. The third-order valence-electron chi connectivity index (χ3n) is 1.49. The predicted molar refractivity (Wildman–Crippen MR) is 46.2 cm³/mol. The summed E-state index contributed by atoms with van der Waals surface area (Å²) in [5.74, 6) is 0. The van der Waals surface area contributed by atoms with E-state index in [4.69, 9.17) is 0 Å². The Morgan fingerprint density at radius 2 is 2.36 bits per heavy atom. The van der Waals surface area contributed by atoms with Crippen LogP contribution in [0.4, 0.5) is 0 Å². The summed E-state index contributed by atoms with van der Waals surface area (Å²) in [6.07, 6.45) is 1.97. The summed E-state index contributed by atoms with van der Waals surface area (Å²) in [7, 11) is 0. The molecule has 0 fully saturated rings. The smallest absolute Gasteiger partial charge is 0.0752 e. The van der Waals surface area contributed by atoms with Gasteiger partial charge in [-0.1, -0.05) is 0 Å². The van der Waals surface area contributed by atoms with Crippen LogP contribution in [-0.4, -0.2) is 9.78 Å². The van der Waals surface area contributed by atoms with Crippen molar-refractivity contribution < 1.29 is 0 Å². The van der Waals surface area contributed by atoms with Crippen LogP contribution in [0.15, 0.2) is 29.1 Å². The Labute approximate surface area is 69.1 Å². The second kappa shape index (κ2) is 2.51. The summed E-state index contributed by atoms with van der Waals surface area (Å²) in [6.45, 7) is 1.99. The minimum atomic E-state index is 1.05. The molecule has 0 N–H and O–H groups in total. The monoisotopic (exact) mass is 164 g/mol. The average molecular weight is 164 g/mol. The summed E-state index contributed by atoms with van der Waals surface area (Å²) < 4.78 is 1.88. The molecule has 0 amide bonds. The Hall–Kier alpha value is -1.09. The van der Waals surface area contributed by atoms with Crippen LogP contribution in [-0.2, 0) is 0 Å². The van der Waals surface area contributed by atoms with Crippen LogP contribution in [0, 0.1) is 6.92 Å². The van der Waals surface area contributed by atoms with Crippen LogP contribution in [0.2, 0.25) is 0 Å². The fraction of sp³-hybridized carbons (Fsp3) is 0.125. The van der Waals surface area contributed by atoms with Crippen LogP contribution in [0.5, 0.6) is 0 Å². The van der Waals surface area contributed by atoms with Crippen LogP contribution in [0.25, 0.3) is 5.69 Å². The van der Waals surface area contributed by atoms with Crippen molar-refractivity contribution in [2.75, 3.05) is 0 Å². The van der Waals surface area contributed by atoms with Gasteiger partial charge in [0.2, 0.25) is 0 Å². The molecule has 0 bridgehead atoms. The molecule has 0 aliphatic carbocycles. The number of hydrogen-bond donors (Lipinski definition) is 0. The van der Waals surface area contributed by atoms with Crippen LogP contribution in [0.3, 0.4) is 0 Å². The fourth-order valence-corrected chi connectivity index (χ4v) is 1.57. The van der Waals surface area contributed by atoms with Gasteiger partial charge in [-0.3, -0.25) is 0 Å². The lowest BCUT2D eigenvalue weighted by Gasteiger charge is -1.93. The molecule has 0 unspecified atom stereocenters. The van der Waals surface area contributed by atoms with Crippen molar-refractivity contribution in [3.63, 3.8) is 0 Å². The summed E-state index contributed by atoms with van der Waals surface area (Å²) >= 11 is 1.68. The number of rotatable bonds is 1. The van der Waals surface area contributed by atoms with Gasteiger partial charge in [0.05, 0.1) is 11.4 Å².